The Morgan fingerprint density at radius 1 is 0.933 bits per heavy atom. The Balaban J connectivity index is 1.65. The molecule has 1 aliphatic heterocycles. The van der Waals surface area contributed by atoms with E-state index in [9.17, 15) is 24.6 Å². The zero-order chi connectivity index (χ0) is 32.7. The van der Waals surface area contributed by atoms with Crippen LogP contribution in [0.25, 0.3) is 0 Å². The van der Waals surface area contributed by atoms with Gasteiger partial charge in [-0.05, 0) is 37.3 Å². The number of aliphatic hydroxyl groups excluding tert-OH is 2. The number of aryl methyl sites for hydroxylation is 2. The van der Waals surface area contributed by atoms with E-state index in [1.54, 1.807) is 43.0 Å². The number of carbonyl (C=O) groups is 3. The summed E-state index contributed by atoms with van der Waals surface area (Å²) in [7, 11) is 0. The number of ketones is 2. The van der Waals surface area contributed by atoms with Crippen LogP contribution < -0.4 is 16.8 Å². The molecule has 2 aromatic carbocycles. The number of aliphatic hydroxyl groups is 2. The van der Waals surface area contributed by atoms with Crippen molar-refractivity contribution in [1.29, 1.82) is 0 Å². The number of nitrogens with two attached hydrogens (primary N) is 2. The molecule has 3 aromatic rings. The van der Waals surface area contributed by atoms with E-state index < -0.39 is 41.9 Å². The van der Waals surface area contributed by atoms with Crippen LogP contribution in [0.3, 0.4) is 0 Å². The zero-order valence-electron chi connectivity index (χ0n) is 26.0. The zero-order valence-corrected chi connectivity index (χ0v) is 26.0. The highest BCUT2D eigenvalue weighted by Crippen LogP contribution is 2.35. The Kier molecular flexibility index (Phi) is 11.5. The van der Waals surface area contributed by atoms with Crippen molar-refractivity contribution in [1.82, 2.24) is 20.2 Å². The summed E-state index contributed by atoms with van der Waals surface area (Å²) in [6, 6.07) is 16.1. The molecule has 1 aromatic heterocycles. The minimum Gasteiger partial charge on any atom is -0.392 e. The molecule has 1 saturated heterocycles. The summed E-state index contributed by atoms with van der Waals surface area (Å²) in [6.07, 6.45) is -1.78. The fourth-order valence-electron chi connectivity index (χ4n) is 6.23. The van der Waals surface area contributed by atoms with Gasteiger partial charge in [-0.25, -0.2) is 14.8 Å². The van der Waals surface area contributed by atoms with E-state index in [1.807, 2.05) is 43.3 Å². The van der Waals surface area contributed by atoms with Crippen LogP contribution in [0, 0.1) is 31.6 Å². The highest BCUT2D eigenvalue weighted by molar-refractivity contribution is 5.88. The monoisotopic (exact) mass is 616 g/mol. The van der Waals surface area contributed by atoms with Crippen LogP contribution in [0.15, 0.2) is 67.0 Å². The van der Waals surface area contributed by atoms with E-state index in [4.69, 9.17) is 11.5 Å². The van der Waals surface area contributed by atoms with Crippen molar-refractivity contribution < 1.29 is 24.6 Å². The number of hydrogen-bond acceptors (Lipinski definition) is 9. The highest BCUT2D eigenvalue weighted by atomic mass is 16.3. The van der Waals surface area contributed by atoms with Crippen molar-refractivity contribution >= 4 is 17.6 Å². The topological polar surface area (TPSA) is 185 Å². The highest BCUT2D eigenvalue weighted by Gasteiger charge is 2.41. The van der Waals surface area contributed by atoms with Gasteiger partial charge < -0.3 is 31.9 Å². The smallest absolute Gasteiger partial charge is 0.317 e. The first kappa shape index (κ1) is 33.9. The van der Waals surface area contributed by atoms with Crippen molar-refractivity contribution in [2.75, 3.05) is 19.6 Å². The minimum atomic E-state index is -1.65. The standard InChI is InChI=1S/C34H44N6O5/c1-20(18-40-15-14-37-34(40)45)16-26(41)25(30(35)23-10-6-4-7-11-23)17-27(42)29(31(36)24-12-8-5-9-13-24)33(44)32(43)28-21(2)38-19-39-22(28)3/h4-13,19-20,25,27,29-32,42-43H,14-18,35-36H2,1-3H3,(H,37,45)/t20?,25-,27+,29-,30?,31?,32?/m1/s1. The first-order valence-electron chi connectivity index (χ1n) is 15.3. The molecule has 4 unspecified atom stereocenters. The Morgan fingerprint density at radius 3 is 2.02 bits per heavy atom. The minimum absolute atomic E-state index is 0.118. The maximum absolute atomic E-state index is 14.1. The molecular weight excluding hydrogens is 572 g/mol. The van der Waals surface area contributed by atoms with Gasteiger partial charge in [0.1, 0.15) is 18.2 Å². The first-order valence-corrected chi connectivity index (χ1v) is 15.3. The van der Waals surface area contributed by atoms with Gasteiger partial charge in [0.25, 0.3) is 0 Å². The lowest BCUT2D eigenvalue weighted by molar-refractivity contribution is -0.138. The number of aromatic nitrogens is 2. The maximum Gasteiger partial charge on any atom is 0.317 e. The number of nitrogens with one attached hydrogen (secondary N) is 1. The van der Waals surface area contributed by atoms with E-state index >= 15 is 0 Å². The lowest BCUT2D eigenvalue weighted by Crippen LogP contribution is -2.43. The molecule has 4 rings (SSSR count). The Labute approximate surface area is 264 Å². The summed E-state index contributed by atoms with van der Waals surface area (Å²) in [4.78, 5) is 50.1. The van der Waals surface area contributed by atoms with Crippen LogP contribution >= 0.6 is 0 Å². The van der Waals surface area contributed by atoms with E-state index in [-0.39, 0.29) is 36.1 Å². The largest absolute Gasteiger partial charge is 0.392 e. The fourth-order valence-corrected chi connectivity index (χ4v) is 6.23. The number of benzene rings is 2. The van der Waals surface area contributed by atoms with Crippen LogP contribution in [0.4, 0.5) is 4.79 Å². The van der Waals surface area contributed by atoms with E-state index in [1.165, 1.54) is 6.33 Å². The van der Waals surface area contributed by atoms with Crippen molar-refractivity contribution in [2.45, 2.75) is 57.9 Å². The molecule has 1 fully saturated rings. The summed E-state index contributed by atoms with van der Waals surface area (Å²) < 4.78 is 0. The summed E-state index contributed by atoms with van der Waals surface area (Å²) >= 11 is 0. The molecule has 11 nitrogen and oxygen atoms in total. The molecule has 0 spiro atoms. The van der Waals surface area contributed by atoms with Gasteiger partial charge >= 0.3 is 6.03 Å². The molecule has 1 aliphatic rings. The van der Waals surface area contributed by atoms with Gasteiger partial charge in [-0.15, -0.1) is 0 Å². The van der Waals surface area contributed by atoms with Gasteiger partial charge in [-0.3, -0.25) is 9.59 Å². The Morgan fingerprint density at radius 2 is 1.49 bits per heavy atom. The second-order valence-electron chi connectivity index (χ2n) is 12.0. The third-order valence-electron chi connectivity index (χ3n) is 8.69. The van der Waals surface area contributed by atoms with Gasteiger partial charge in [-0.1, -0.05) is 67.6 Å². The number of hydrogen-bond donors (Lipinski definition) is 5. The molecule has 2 heterocycles. The van der Waals surface area contributed by atoms with E-state index in [0.717, 1.165) is 0 Å². The lowest BCUT2D eigenvalue weighted by Gasteiger charge is -2.33. The van der Waals surface area contributed by atoms with E-state index in [0.29, 0.717) is 42.1 Å². The van der Waals surface area contributed by atoms with Crippen LogP contribution in [0.5, 0.6) is 0 Å². The van der Waals surface area contributed by atoms with Gasteiger partial charge in [0.05, 0.1) is 12.0 Å². The molecule has 0 saturated carbocycles. The van der Waals surface area contributed by atoms with Crippen molar-refractivity contribution in [3.63, 3.8) is 0 Å². The predicted octanol–water partition coefficient (Wildman–Crippen LogP) is 2.70. The average Bonchev–Trinajstić information content (AvgIpc) is 3.43. The molecule has 2 amide bonds. The SMILES string of the molecule is Cc1ncnc(C)c1C(O)C(=O)[C@@H](C(N)c1ccccc1)[C@@H](O)C[C@H](C(=O)CC(C)CN1CCNC1=O)C(N)c1ccccc1. The van der Waals surface area contributed by atoms with E-state index in [2.05, 4.69) is 15.3 Å². The first-order chi connectivity index (χ1) is 21.5. The molecule has 45 heavy (non-hydrogen) atoms. The number of carbonyl (C=O) groups excluding carboxylic acids is 3. The Bertz CT molecular complexity index is 1440. The van der Waals surface area contributed by atoms with Crippen molar-refractivity contribution in [3.05, 3.63) is 95.1 Å². The molecule has 0 radical (unpaired) electrons. The van der Waals surface area contributed by atoms with Gasteiger partial charge in [0.2, 0.25) is 0 Å². The second kappa shape index (κ2) is 15.3. The predicted molar refractivity (Wildman–Crippen MR) is 170 cm³/mol. The van der Waals surface area contributed by atoms with Gasteiger partial charge in [-0.2, -0.15) is 0 Å². The number of amides is 2. The molecule has 240 valence electrons. The van der Waals surface area contributed by atoms with Crippen LogP contribution in [-0.2, 0) is 9.59 Å². The van der Waals surface area contributed by atoms with Gasteiger partial charge in [0.15, 0.2) is 5.78 Å². The van der Waals surface area contributed by atoms with Crippen LogP contribution in [0.2, 0.25) is 0 Å². The molecule has 7 N–H and O–H groups in total. The normalized spacial score (nSPS) is 17.9. The van der Waals surface area contributed by atoms with Gasteiger partial charge in [0, 0.05) is 61.0 Å². The van der Waals surface area contributed by atoms with Crippen LogP contribution in [-0.4, -0.2) is 68.4 Å². The third-order valence-corrected chi connectivity index (χ3v) is 8.69. The van der Waals surface area contributed by atoms with Crippen molar-refractivity contribution in [3.8, 4) is 0 Å². The summed E-state index contributed by atoms with van der Waals surface area (Å²) in [6.45, 7) is 6.76. The second-order valence-corrected chi connectivity index (χ2v) is 12.0. The molecule has 7 atom stereocenters. The Hall–Kier alpha value is -4.03. The molecular formula is C34H44N6O5. The number of rotatable bonds is 15. The quantitative estimate of drug-likeness (QED) is 0.171. The van der Waals surface area contributed by atoms with Crippen LogP contribution in [0.1, 0.15) is 66.0 Å². The number of Topliss-reactive ketones (excluding diaryl/α,β-unsaturated/α-hetero) is 2. The summed E-state index contributed by atoms with van der Waals surface area (Å²) in [5.41, 5.74) is 15.8. The lowest BCUT2D eigenvalue weighted by atomic mass is 9.76. The third kappa shape index (κ3) is 8.17. The van der Waals surface area contributed by atoms with Crippen molar-refractivity contribution in [2.24, 2.45) is 29.2 Å². The number of urea groups is 1. The average molecular weight is 617 g/mol. The summed E-state index contributed by atoms with van der Waals surface area (Å²) in [5.74, 6) is -3.23. The molecule has 0 bridgehead atoms. The molecule has 11 heteroatoms. The summed E-state index contributed by atoms with van der Waals surface area (Å²) in [5, 5.41) is 26.0. The number of nitrogens with zero attached hydrogens (tertiary/aromatic N) is 3. The molecule has 0 aliphatic carbocycles. The fraction of sp³-hybridized carbons (Fsp3) is 0.441. The maximum atomic E-state index is 14.1.